The third-order valence-corrected chi connectivity index (χ3v) is 4.74. The van der Waals surface area contributed by atoms with Gasteiger partial charge in [-0.15, -0.1) is 0 Å². The lowest BCUT2D eigenvalue weighted by atomic mass is 10.0. The number of piperidine rings is 1. The van der Waals surface area contributed by atoms with E-state index in [1.54, 1.807) is 6.07 Å². The van der Waals surface area contributed by atoms with E-state index in [-0.39, 0.29) is 17.9 Å². The van der Waals surface area contributed by atoms with Crippen LogP contribution in [0.3, 0.4) is 0 Å². The number of aryl methyl sites for hydroxylation is 1. The van der Waals surface area contributed by atoms with Crippen LogP contribution in [0.15, 0.2) is 18.2 Å². The molecule has 124 valence electrons. The number of piperazine rings is 1. The molecule has 6 heteroatoms. The number of likely N-dealkylation sites (tertiary alicyclic amines) is 1. The molecule has 3 N–H and O–H groups in total. The van der Waals surface area contributed by atoms with Gasteiger partial charge in [0.2, 0.25) is 5.91 Å². The zero-order valence-electron chi connectivity index (χ0n) is 13.5. The van der Waals surface area contributed by atoms with E-state index >= 15 is 0 Å². The highest BCUT2D eigenvalue weighted by atomic mass is 16.2. The minimum atomic E-state index is 0.0158. The second kappa shape index (κ2) is 6.58. The van der Waals surface area contributed by atoms with Gasteiger partial charge in [0.25, 0.3) is 5.91 Å². The van der Waals surface area contributed by atoms with Crippen LogP contribution in [0.4, 0.5) is 5.69 Å². The second-order valence-electron chi connectivity index (χ2n) is 6.39. The maximum absolute atomic E-state index is 12.8. The Morgan fingerprint density at radius 2 is 2.17 bits per heavy atom. The number of amides is 2. The zero-order chi connectivity index (χ0) is 16.4. The number of nitrogens with zero attached hydrogens (tertiary/aromatic N) is 2. The van der Waals surface area contributed by atoms with Crippen LogP contribution >= 0.6 is 0 Å². The second-order valence-corrected chi connectivity index (χ2v) is 6.39. The van der Waals surface area contributed by atoms with Crippen LogP contribution < -0.4 is 11.1 Å². The zero-order valence-corrected chi connectivity index (χ0v) is 13.5. The molecule has 1 aromatic carbocycles. The van der Waals surface area contributed by atoms with Crippen LogP contribution in [0.1, 0.15) is 28.8 Å². The molecule has 0 aromatic heterocycles. The lowest BCUT2D eigenvalue weighted by Crippen LogP contribution is -2.57. The molecular weight excluding hydrogens is 292 g/mol. The van der Waals surface area contributed by atoms with Gasteiger partial charge in [0, 0.05) is 43.5 Å². The van der Waals surface area contributed by atoms with Crippen LogP contribution in [0.5, 0.6) is 0 Å². The van der Waals surface area contributed by atoms with Crippen molar-refractivity contribution in [1.29, 1.82) is 0 Å². The summed E-state index contributed by atoms with van der Waals surface area (Å²) in [4.78, 5) is 28.7. The van der Waals surface area contributed by atoms with Gasteiger partial charge in [-0.25, -0.2) is 0 Å². The Labute approximate surface area is 136 Å². The van der Waals surface area contributed by atoms with Crippen molar-refractivity contribution in [3.05, 3.63) is 29.3 Å². The number of hydrogen-bond donors (Lipinski definition) is 2. The Kier molecular flexibility index (Phi) is 4.52. The number of rotatable bonds is 2. The first-order chi connectivity index (χ1) is 11.1. The summed E-state index contributed by atoms with van der Waals surface area (Å²) in [7, 11) is 0. The van der Waals surface area contributed by atoms with Crippen molar-refractivity contribution in [2.45, 2.75) is 25.8 Å². The quantitative estimate of drug-likeness (QED) is 0.784. The summed E-state index contributed by atoms with van der Waals surface area (Å²) in [5, 5.41) is 3.09. The van der Waals surface area contributed by atoms with Crippen molar-refractivity contribution < 1.29 is 9.59 Å². The molecule has 1 unspecified atom stereocenters. The van der Waals surface area contributed by atoms with Crippen LogP contribution in [0.25, 0.3) is 0 Å². The van der Waals surface area contributed by atoms with Crippen LogP contribution in [0, 0.1) is 6.92 Å². The number of nitrogens with two attached hydrogens (primary N) is 1. The molecule has 2 amide bonds. The molecule has 0 spiro atoms. The van der Waals surface area contributed by atoms with Crippen molar-refractivity contribution in [3.8, 4) is 0 Å². The van der Waals surface area contributed by atoms with E-state index in [0.29, 0.717) is 24.3 Å². The summed E-state index contributed by atoms with van der Waals surface area (Å²) < 4.78 is 0. The van der Waals surface area contributed by atoms with Gasteiger partial charge in [-0.3, -0.25) is 9.59 Å². The molecule has 2 saturated heterocycles. The van der Waals surface area contributed by atoms with E-state index in [2.05, 4.69) is 5.32 Å². The Hall–Kier alpha value is -2.08. The highest BCUT2D eigenvalue weighted by Crippen LogP contribution is 2.21. The molecule has 2 fully saturated rings. The Bertz CT molecular complexity index is 617. The Balaban J connectivity index is 1.74. The van der Waals surface area contributed by atoms with E-state index in [9.17, 15) is 9.59 Å². The number of benzene rings is 1. The van der Waals surface area contributed by atoms with Gasteiger partial charge in [-0.2, -0.15) is 0 Å². The van der Waals surface area contributed by atoms with Crippen molar-refractivity contribution in [3.63, 3.8) is 0 Å². The average Bonchev–Trinajstić information content (AvgIpc) is 2.57. The molecular formula is C17H24N4O2. The van der Waals surface area contributed by atoms with Gasteiger partial charge in [-0.05, 0) is 37.5 Å². The lowest BCUT2D eigenvalue weighted by molar-refractivity contribution is -0.135. The summed E-state index contributed by atoms with van der Waals surface area (Å²) in [6.45, 7) is 5.22. The smallest absolute Gasteiger partial charge is 0.254 e. The molecule has 2 heterocycles. The predicted octanol–water partition coefficient (Wildman–Crippen LogP) is 0.614. The fourth-order valence-corrected chi connectivity index (χ4v) is 3.44. The third-order valence-electron chi connectivity index (χ3n) is 4.74. The van der Waals surface area contributed by atoms with Gasteiger partial charge in [-0.1, -0.05) is 6.07 Å². The molecule has 23 heavy (non-hydrogen) atoms. The molecule has 2 aliphatic heterocycles. The van der Waals surface area contributed by atoms with Crippen molar-refractivity contribution in [2.24, 2.45) is 0 Å². The van der Waals surface area contributed by atoms with Crippen LogP contribution in [0.2, 0.25) is 0 Å². The number of carbonyl (C=O) groups is 2. The van der Waals surface area contributed by atoms with Crippen LogP contribution in [-0.4, -0.2) is 60.4 Å². The van der Waals surface area contributed by atoms with Crippen molar-refractivity contribution in [2.75, 3.05) is 38.5 Å². The highest BCUT2D eigenvalue weighted by molar-refractivity contribution is 5.96. The van der Waals surface area contributed by atoms with Crippen molar-refractivity contribution in [1.82, 2.24) is 15.1 Å². The number of carbonyl (C=O) groups excluding carboxylic acids is 2. The SMILES string of the molecule is Cc1ccc(N)cc1C(=O)N1CCCC(N2CCNCC2=O)C1. The summed E-state index contributed by atoms with van der Waals surface area (Å²) in [5.74, 6) is 0.151. The molecule has 6 nitrogen and oxygen atoms in total. The minimum Gasteiger partial charge on any atom is -0.399 e. The lowest BCUT2D eigenvalue weighted by Gasteiger charge is -2.41. The van der Waals surface area contributed by atoms with Gasteiger partial charge in [0.1, 0.15) is 0 Å². The minimum absolute atomic E-state index is 0.0158. The highest BCUT2D eigenvalue weighted by Gasteiger charge is 2.32. The maximum Gasteiger partial charge on any atom is 0.254 e. The van der Waals surface area contributed by atoms with Gasteiger partial charge in [0.05, 0.1) is 6.54 Å². The Morgan fingerprint density at radius 3 is 2.96 bits per heavy atom. The summed E-state index contributed by atoms with van der Waals surface area (Å²) in [6, 6.07) is 5.56. The largest absolute Gasteiger partial charge is 0.399 e. The van der Waals surface area contributed by atoms with E-state index in [1.165, 1.54) is 0 Å². The van der Waals surface area contributed by atoms with E-state index < -0.39 is 0 Å². The van der Waals surface area contributed by atoms with Gasteiger partial charge in [0.15, 0.2) is 0 Å². The predicted molar refractivity (Wildman–Crippen MR) is 89.1 cm³/mol. The van der Waals surface area contributed by atoms with Crippen LogP contribution in [-0.2, 0) is 4.79 Å². The van der Waals surface area contributed by atoms with Gasteiger partial charge < -0.3 is 20.9 Å². The first-order valence-electron chi connectivity index (χ1n) is 8.22. The molecule has 1 aromatic rings. The molecule has 0 saturated carbocycles. The Morgan fingerprint density at radius 1 is 1.35 bits per heavy atom. The van der Waals surface area contributed by atoms with Crippen molar-refractivity contribution >= 4 is 17.5 Å². The number of anilines is 1. The number of nitrogen functional groups attached to an aromatic ring is 1. The summed E-state index contributed by atoms with van der Waals surface area (Å²) >= 11 is 0. The fraction of sp³-hybridized carbons (Fsp3) is 0.529. The third kappa shape index (κ3) is 3.32. The summed E-state index contributed by atoms with van der Waals surface area (Å²) in [5.41, 5.74) is 8.03. The summed E-state index contributed by atoms with van der Waals surface area (Å²) in [6.07, 6.45) is 1.89. The first-order valence-corrected chi connectivity index (χ1v) is 8.22. The molecule has 0 bridgehead atoms. The first kappa shape index (κ1) is 15.8. The maximum atomic E-state index is 12.8. The number of hydrogen-bond acceptors (Lipinski definition) is 4. The average molecular weight is 316 g/mol. The molecule has 2 aliphatic rings. The standard InChI is InChI=1S/C17H24N4O2/c1-12-4-5-13(18)9-15(12)17(23)20-7-2-3-14(11-20)21-8-6-19-10-16(21)22/h4-5,9,14,19H,2-3,6-8,10-11,18H2,1H3. The van der Waals surface area contributed by atoms with E-state index in [1.807, 2.05) is 28.9 Å². The fourth-order valence-electron chi connectivity index (χ4n) is 3.44. The molecule has 3 rings (SSSR count). The molecule has 1 atom stereocenters. The molecule has 0 aliphatic carbocycles. The normalized spacial score (nSPS) is 22.3. The molecule has 0 radical (unpaired) electrons. The topological polar surface area (TPSA) is 78.7 Å². The van der Waals surface area contributed by atoms with E-state index in [0.717, 1.165) is 38.0 Å². The van der Waals surface area contributed by atoms with Gasteiger partial charge >= 0.3 is 0 Å². The number of nitrogens with one attached hydrogen (secondary N) is 1. The monoisotopic (exact) mass is 316 g/mol. The van der Waals surface area contributed by atoms with E-state index in [4.69, 9.17) is 5.73 Å².